The Labute approximate surface area is 67.2 Å². The second-order valence-electron chi connectivity index (χ2n) is 2.15. The molecule has 0 aliphatic carbocycles. The first-order valence-corrected chi connectivity index (χ1v) is 3.52. The van der Waals surface area contributed by atoms with Gasteiger partial charge in [0.05, 0.1) is 7.11 Å². The summed E-state index contributed by atoms with van der Waals surface area (Å²) in [6.07, 6.45) is 0. The number of methoxy groups -OCH3 is 1. The number of thiol groups is 1. The Balaban J connectivity index is 3.04. The third-order valence-electron chi connectivity index (χ3n) is 1.40. The quantitative estimate of drug-likeness (QED) is 0.448. The van der Waals surface area contributed by atoms with Gasteiger partial charge in [0.15, 0.2) is 0 Å². The van der Waals surface area contributed by atoms with Crippen LogP contribution in [0.1, 0.15) is 0 Å². The lowest BCUT2D eigenvalue weighted by Gasteiger charge is -2.01. The van der Waals surface area contributed by atoms with Crippen LogP contribution in [0.2, 0.25) is 0 Å². The zero-order chi connectivity index (χ0) is 7.56. The van der Waals surface area contributed by atoms with E-state index in [-0.39, 0.29) is 0 Å². The van der Waals surface area contributed by atoms with E-state index in [0.29, 0.717) is 0 Å². The number of rotatable bonds is 1. The van der Waals surface area contributed by atoms with Gasteiger partial charge in [-0.3, -0.25) is 0 Å². The van der Waals surface area contributed by atoms with Gasteiger partial charge in [-0.1, -0.05) is 5.46 Å². The second kappa shape index (κ2) is 3.02. The van der Waals surface area contributed by atoms with Gasteiger partial charge in [0.1, 0.15) is 13.6 Å². The molecule has 0 heterocycles. The van der Waals surface area contributed by atoms with Crippen molar-refractivity contribution in [3.63, 3.8) is 0 Å². The molecule has 52 valence electrons. The third-order valence-corrected chi connectivity index (χ3v) is 1.91. The summed E-state index contributed by atoms with van der Waals surface area (Å²) in [6.45, 7) is 0. The van der Waals surface area contributed by atoms with Crippen LogP contribution in [0.5, 0.6) is 5.75 Å². The van der Waals surface area contributed by atoms with E-state index in [9.17, 15) is 0 Å². The lowest BCUT2D eigenvalue weighted by molar-refractivity contribution is 0.415. The van der Waals surface area contributed by atoms with Gasteiger partial charge in [-0.25, -0.2) is 0 Å². The summed E-state index contributed by atoms with van der Waals surface area (Å²) in [6, 6.07) is 5.79. The first kappa shape index (κ1) is 7.54. The molecule has 0 aromatic heterocycles. The molecule has 0 aliphatic heterocycles. The van der Waals surface area contributed by atoms with Crippen LogP contribution < -0.4 is 10.2 Å². The molecule has 0 atom stereocenters. The fourth-order valence-corrected chi connectivity index (χ4v) is 0.894. The topological polar surface area (TPSA) is 9.23 Å². The molecule has 0 N–H and O–H groups in total. The zero-order valence-electron chi connectivity index (χ0n) is 6.09. The number of ether oxygens (including phenoxy) is 1. The van der Waals surface area contributed by atoms with Crippen molar-refractivity contribution in [3.8, 4) is 5.75 Å². The summed E-state index contributed by atoms with van der Waals surface area (Å²) >= 11 is 4.23. The standard InChI is InChI=1S/C7H9BOS/c1-9-5-2-3-7(10)6(8)4-5/h2-4,10H,8H2,1H3. The van der Waals surface area contributed by atoms with Crippen molar-refractivity contribution < 1.29 is 4.74 Å². The first-order chi connectivity index (χ1) is 4.74. The van der Waals surface area contributed by atoms with Gasteiger partial charge in [-0.05, 0) is 23.1 Å². The van der Waals surface area contributed by atoms with E-state index in [2.05, 4.69) is 12.6 Å². The molecule has 0 saturated heterocycles. The summed E-state index contributed by atoms with van der Waals surface area (Å²) in [7, 11) is 3.66. The van der Waals surface area contributed by atoms with E-state index >= 15 is 0 Å². The maximum absolute atomic E-state index is 5.02. The van der Waals surface area contributed by atoms with Gasteiger partial charge < -0.3 is 4.74 Å². The van der Waals surface area contributed by atoms with Crippen LogP contribution in [0.15, 0.2) is 23.1 Å². The van der Waals surface area contributed by atoms with Gasteiger partial charge >= 0.3 is 0 Å². The van der Waals surface area contributed by atoms with Crippen LogP contribution in [-0.4, -0.2) is 15.0 Å². The van der Waals surface area contributed by atoms with Crippen molar-refractivity contribution in [2.45, 2.75) is 4.90 Å². The van der Waals surface area contributed by atoms with Crippen molar-refractivity contribution in [1.29, 1.82) is 0 Å². The Hall–Kier alpha value is -0.565. The van der Waals surface area contributed by atoms with Crippen molar-refractivity contribution in [2.75, 3.05) is 7.11 Å². The molecule has 0 unspecified atom stereocenters. The highest BCUT2D eigenvalue weighted by Crippen LogP contribution is 2.10. The van der Waals surface area contributed by atoms with Gasteiger partial charge in [0.25, 0.3) is 0 Å². The average molecular weight is 152 g/mol. The molecular formula is C7H9BOS. The highest BCUT2D eigenvalue weighted by atomic mass is 32.1. The van der Waals surface area contributed by atoms with Crippen molar-refractivity contribution >= 4 is 25.9 Å². The minimum Gasteiger partial charge on any atom is -0.497 e. The SMILES string of the molecule is Bc1cc(OC)ccc1S. The summed E-state index contributed by atoms with van der Waals surface area (Å²) in [5.74, 6) is 0.885. The normalized spacial score (nSPS) is 9.40. The van der Waals surface area contributed by atoms with Crippen LogP contribution in [-0.2, 0) is 0 Å². The Morgan fingerprint density at radius 3 is 2.70 bits per heavy atom. The molecule has 0 aliphatic rings. The van der Waals surface area contributed by atoms with Gasteiger partial charge in [-0.2, -0.15) is 0 Å². The van der Waals surface area contributed by atoms with Crippen LogP contribution in [0.4, 0.5) is 0 Å². The molecule has 1 nitrogen and oxygen atoms in total. The average Bonchev–Trinajstić information content (AvgIpc) is 1.95. The number of benzene rings is 1. The molecule has 1 rings (SSSR count). The van der Waals surface area contributed by atoms with E-state index < -0.39 is 0 Å². The molecule has 10 heavy (non-hydrogen) atoms. The maximum atomic E-state index is 5.02. The molecule has 0 amide bonds. The van der Waals surface area contributed by atoms with E-state index in [1.165, 1.54) is 0 Å². The third kappa shape index (κ3) is 1.48. The van der Waals surface area contributed by atoms with Crippen molar-refractivity contribution in [2.24, 2.45) is 0 Å². The van der Waals surface area contributed by atoms with Crippen LogP contribution in [0.25, 0.3) is 0 Å². The van der Waals surface area contributed by atoms with E-state index in [1.807, 2.05) is 26.0 Å². The molecule has 0 radical (unpaired) electrons. The van der Waals surface area contributed by atoms with Crippen LogP contribution in [0.3, 0.4) is 0 Å². The fraction of sp³-hybridized carbons (Fsp3) is 0.143. The summed E-state index contributed by atoms with van der Waals surface area (Å²) in [5.41, 5.74) is 1.14. The molecule has 0 spiro atoms. The highest BCUT2D eigenvalue weighted by Gasteiger charge is 1.93. The highest BCUT2D eigenvalue weighted by molar-refractivity contribution is 7.80. The molecular weight excluding hydrogens is 143 g/mol. The number of hydrogen-bond donors (Lipinski definition) is 1. The summed E-state index contributed by atoms with van der Waals surface area (Å²) in [5, 5.41) is 0. The Bertz CT molecular complexity index is 237. The van der Waals surface area contributed by atoms with Gasteiger partial charge in [0.2, 0.25) is 0 Å². The zero-order valence-corrected chi connectivity index (χ0v) is 6.98. The molecule has 0 bridgehead atoms. The molecule has 1 aromatic rings. The molecule has 3 heteroatoms. The maximum Gasteiger partial charge on any atom is 0.140 e. The van der Waals surface area contributed by atoms with E-state index in [0.717, 1.165) is 16.1 Å². The minimum absolute atomic E-state index is 0.885. The first-order valence-electron chi connectivity index (χ1n) is 3.07. The minimum atomic E-state index is 0.885. The fourth-order valence-electron chi connectivity index (χ4n) is 0.755. The summed E-state index contributed by atoms with van der Waals surface area (Å²) < 4.78 is 5.02. The van der Waals surface area contributed by atoms with Gasteiger partial charge in [0, 0.05) is 0 Å². The predicted octanol–water partition coefficient (Wildman–Crippen LogP) is 0.242. The Morgan fingerprint density at radius 2 is 2.20 bits per heavy atom. The van der Waals surface area contributed by atoms with E-state index in [1.54, 1.807) is 7.11 Å². The van der Waals surface area contributed by atoms with Crippen molar-refractivity contribution in [1.82, 2.24) is 0 Å². The molecule has 0 saturated carbocycles. The second-order valence-corrected chi connectivity index (χ2v) is 2.63. The van der Waals surface area contributed by atoms with E-state index in [4.69, 9.17) is 4.74 Å². The number of hydrogen-bond acceptors (Lipinski definition) is 2. The Morgan fingerprint density at radius 1 is 1.50 bits per heavy atom. The smallest absolute Gasteiger partial charge is 0.140 e. The van der Waals surface area contributed by atoms with Crippen LogP contribution >= 0.6 is 12.6 Å². The summed E-state index contributed by atoms with van der Waals surface area (Å²) in [4.78, 5) is 1.00. The van der Waals surface area contributed by atoms with Crippen LogP contribution in [0, 0.1) is 0 Å². The molecule has 0 fully saturated rings. The molecule has 1 aromatic carbocycles. The predicted molar refractivity (Wildman–Crippen MR) is 48.4 cm³/mol. The Kier molecular flexibility index (Phi) is 2.27. The lowest BCUT2D eigenvalue weighted by atomic mass is 9.96. The van der Waals surface area contributed by atoms with Crippen molar-refractivity contribution in [3.05, 3.63) is 18.2 Å². The lowest BCUT2D eigenvalue weighted by Crippen LogP contribution is -2.04. The monoisotopic (exact) mass is 152 g/mol. The van der Waals surface area contributed by atoms with Gasteiger partial charge in [-0.15, -0.1) is 12.6 Å². The largest absolute Gasteiger partial charge is 0.497 e.